The molecule has 7 heteroatoms. The van der Waals surface area contributed by atoms with Gasteiger partial charge in [0.1, 0.15) is 5.69 Å². The molecule has 4 nitrogen and oxygen atoms in total. The maximum atomic E-state index is 12.8. The van der Waals surface area contributed by atoms with Gasteiger partial charge in [-0.15, -0.1) is 0 Å². The van der Waals surface area contributed by atoms with Crippen molar-refractivity contribution in [2.45, 2.75) is 6.18 Å². The minimum Gasteiger partial charge on any atom is -0.369 e. The van der Waals surface area contributed by atoms with Crippen molar-refractivity contribution in [3.05, 3.63) is 42.2 Å². The Bertz CT molecular complexity index is 636. The number of alkyl halides is 3. The van der Waals surface area contributed by atoms with Crippen LogP contribution in [0.5, 0.6) is 0 Å². The highest BCUT2D eigenvalue weighted by Gasteiger charge is 2.33. The molecule has 1 heterocycles. The molecule has 0 saturated carbocycles. The van der Waals surface area contributed by atoms with Crippen LogP contribution in [-0.2, 0) is 6.18 Å². The van der Waals surface area contributed by atoms with Gasteiger partial charge in [0.05, 0.1) is 12.5 Å². The van der Waals surface area contributed by atoms with E-state index in [2.05, 4.69) is 15.0 Å². The highest BCUT2D eigenvalue weighted by Crippen LogP contribution is 2.32. The van der Waals surface area contributed by atoms with Crippen LogP contribution in [0.25, 0.3) is 11.3 Å². The SMILES string of the molecule is CN(C)C=Nc1ncc(C(F)(F)F)nc1-c1ccccc1. The number of nitrogens with zero attached hydrogens (tertiary/aromatic N) is 4. The van der Waals surface area contributed by atoms with Crippen molar-refractivity contribution in [1.29, 1.82) is 0 Å². The minimum atomic E-state index is -4.54. The third-order valence-electron chi connectivity index (χ3n) is 2.50. The van der Waals surface area contributed by atoms with E-state index >= 15 is 0 Å². The van der Waals surface area contributed by atoms with Gasteiger partial charge in [-0.3, -0.25) is 0 Å². The van der Waals surface area contributed by atoms with Crippen LogP contribution in [-0.4, -0.2) is 35.3 Å². The second kappa shape index (κ2) is 5.90. The lowest BCUT2D eigenvalue weighted by atomic mass is 10.1. The Morgan fingerprint density at radius 3 is 2.38 bits per heavy atom. The average Bonchev–Trinajstić information content (AvgIpc) is 2.45. The summed E-state index contributed by atoms with van der Waals surface area (Å²) < 4.78 is 38.3. The van der Waals surface area contributed by atoms with E-state index in [0.29, 0.717) is 11.8 Å². The summed E-state index contributed by atoms with van der Waals surface area (Å²) in [4.78, 5) is 13.2. The Labute approximate surface area is 120 Å². The summed E-state index contributed by atoms with van der Waals surface area (Å²) in [7, 11) is 3.51. The van der Waals surface area contributed by atoms with Crippen molar-refractivity contribution in [2.75, 3.05) is 14.1 Å². The first-order valence-corrected chi connectivity index (χ1v) is 6.08. The van der Waals surface area contributed by atoms with Gasteiger partial charge in [0.25, 0.3) is 0 Å². The van der Waals surface area contributed by atoms with Crippen LogP contribution < -0.4 is 0 Å². The molecule has 0 aliphatic carbocycles. The van der Waals surface area contributed by atoms with Crippen LogP contribution in [0.1, 0.15) is 5.69 Å². The molecular weight excluding hydrogens is 281 g/mol. The van der Waals surface area contributed by atoms with Gasteiger partial charge >= 0.3 is 6.18 Å². The van der Waals surface area contributed by atoms with Gasteiger partial charge in [0.2, 0.25) is 0 Å². The van der Waals surface area contributed by atoms with Crippen LogP contribution in [0.3, 0.4) is 0 Å². The van der Waals surface area contributed by atoms with Crippen LogP contribution >= 0.6 is 0 Å². The Kier molecular flexibility index (Phi) is 4.21. The van der Waals surface area contributed by atoms with E-state index in [1.165, 1.54) is 6.34 Å². The summed E-state index contributed by atoms with van der Waals surface area (Å²) in [5, 5.41) is 0. The largest absolute Gasteiger partial charge is 0.434 e. The zero-order chi connectivity index (χ0) is 15.5. The van der Waals surface area contributed by atoms with E-state index in [9.17, 15) is 13.2 Å². The molecule has 0 unspecified atom stereocenters. The fourth-order valence-corrected chi connectivity index (χ4v) is 1.57. The Morgan fingerprint density at radius 1 is 1.14 bits per heavy atom. The van der Waals surface area contributed by atoms with Gasteiger partial charge in [-0.2, -0.15) is 13.2 Å². The molecule has 0 aliphatic heterocycles. The summed E-state index contributed by atoms with van der Waals surface area (Å²) in [5.41, 5.74) is -0.407. The number of halogens is 3. The number of aromatic nitrogens is 2. The molecule has 1 aromatic carbocycles. The van der Waals surface area contributed by atoms with Gasteiger partial charge in [0, 0.05) is 19.7 Å². The van der Waals surface area contributed by atoms with Gasteiger partial charge < -0.3 is 4.90 Å². The number of aliphatic imine (C=N–C) groups is 1. The minimum absolute atomic E-state index is 0.100. The highest BCUT2D eigenvalue weighted by atomic mass is 19.4. The summed E-state index contributed by atoms with van der Waals surface area (Å²) in [6.07, 6.45) is -2.39. The molecule has 0 amide bonds. The normalized spacial score (nSPS) is 11.9. The van der Waals surface area contributed by atoms with Crippen molar-refractivity contribution in [1.82, 2.24) is 14.9 Å². The standard InChI is InChI=1S/C14H13F3N4/c1-21(2)9-19-13-12(10-6-4-3-5-7-10)20-11(8-18-13)14(15,16)17/h3-9H,1-2H3. The summed E-state index contributed by atoms with van der Waals surface area (Å²) in [6.45, 7) is 0. The van der Waals surface area contributed by atoms with E-state index in [1.807, 2.05) is 0 Å². The first kappa shape index (κ1) is 15.0. The van der Waals surface area contributed by atoms with Gasteiger partial charge in [-0.25, -0.2) is 15.0 Å². The van der Waals surface area contributed by atoms with E-state index < -0.39 is 11.9 Å². The lowest BCUT2D eigenvalue weighted by molar-refractivity contribution is -0.141. The Morgan fingerprint density at radius 2 is 1.81 bits per heavy atom. The van der Waals surface area contributed by atoms with Crippen molar-refractivity contribution < 1.29 is 13.2 Å². The number of benzene rings is 1. The molecule has 0 spiro atoms. The van der Waals surface area contributed by atoms with Gasteiger partial charge in [-0.05, 0) is 0 Å². The predicted octanol–water partition coefficient (Wildman–Crippen LogP) is 3.38. The second-order valence-corrected chi connectivity index (χ2v) is 4.50. The van der Waals surface area contributed by atoms with E-state index in [4.69, 9.17) is 0 Å². The molecule has 0 radical (unpaired) electrons. The topological polar surface area (TPSA) is 41.4 Å². The first-order chi connectivity index (χ1) is 9.88. The highest BCUT2D eigenvalue weighted by molar-refractivity contribution is 5.72. The number of hydrogen-bond donors (Lipinski definition) is 0. The van der Waals surface area contributed by atoms with Gasteiger partial charge in [-0.1, -0.05) is 30.3 Å². The van der Waals surface area contributed by atoms with Gasteiger partial charge in [0.15, 0.2) is 11.5 Å². The number of hydrogen-bond acceptors (Lipinski definition) is 3. The van der Waals surface area contributed by atoms with Crippen LogP contribution in [0, 0.1) is 0 Å². The maximum Gasteiger partial charge on any atom is 0.434 e. The van der Waals surface area contributed by atoms with Crippen molar-refractivity contribution in [3.8, 4) is 11.3 Å². The molecule has 1 aromatic heterocycles. The molecule has 110 valence electrons. The van der Waals surface area contributed by atoms with Crippen LogP contribution in [0.15, 0.2) is 41.5 Å². The fourth-order valence-electron chi connectivity index (χ4n) is 1.57. The third kappa shape index (κ3) is 3.77. The monoisotopic (exact) mass is 294 g/mol. The number of rotatable bonds is 3. The molecule has 0 fully saturated rings. The third-order valence-corrected chi connectivity index (χ3v) is 2.50. The summed E-state index contributed by atoms with van der Waals surface area (Å²) in [6, 6.07) is 8.54. The lowest BCUT2D eigenvalue weighted by Crippen LogP contribution is -2.10. The maximum absolute atomic E-state index is 12.8. The fraction of sp³-hybridized carbons (Fsp3) is 0.214. The summed E-state index contributed by atoms with van der Waals surface area (Å²) in [5.74, 6) is 0.142. The molecule has 21 heavy (non-hydrogen) atoms. The quantitative estimate of drug-likeness (QED) is 0.643. The van der Waals surface area contributed by atoms with Crippen LogP contribution in [0.2, 0.25) is 0 Å². The lowest BCUT2D eigenvalue weighted by Gasteiger charge is -2.10. The van der Waals surface area contributed by atoms with E-state index in [-0.39, 0.29) is 11.5 Å². The Balaban J connectivity index is 2.56. The van der Waals surface area contributed by atoms with Crippen LogP contribution in [0.4, 0.5) is 19.0 Å². The average molecular weight is 294 g/mol. The predicted molar refractivity (Wildman–Crippen MR) is 74.3 cm³/mol. The second-order valence-electron chi connectivity index (χ2n) is 4.50. The van der Waals surface area contributed by atoms with E-state index in [0.717, 1.165) is 0 Å². The Hall–Kier alpha value is -2.44. The summed E-state index contributed by atoms with van der Waals surface area (Å²) >= 11 is 0. The molecule has 0 bridgehead atoms. The van der Waals surface area contributed by atoms with E-state index in [1.54, 1.807) is 49.3 Å². The molecule has 0 N–H and O–H groups in total. The molecular formula is C14H13F3N4. The van der Waals surface area contributed by atoms with Crippen molar-refractivity contribution in [3.63, 3.8) is 0 Å². The van der Waals surface area contributed by atoms with Crippen molar-refractivity contribution >= 4 is 12.2 Å². The molecule has 2 rings (SSSR count). The zero-order valence-corrected chi connectivity index (χ0v) is 11.5. The molecule has 0 saturated heterocycles. The molecule has 0 atom stereocenters. The smallest absolute Gasteiger partial charge is 0.369 e. The zero-order valence-electron chi connectivity index (χ0n) is 11.5. The first-order valence-electron chi connectivity index (χ1n) is 6.08. The molecule has 0 aliphatic rings. The van der Waals surface area contributed by atoms with Crippen molar-refractivity contribution in [2.24, 2.45) is 4.99 Å². The molecule has 2 aromatic rings.